The van der Waals surface area contributed by atoms with Crippen molar-refractivity contribution in [3.63, 3.8) is 0 Å². The minimum Gasteiger partial charge on any atom is -0.493 e. The summed E-state index contributed by atoms with van der Waals surface area (Å²) in [6.45, 7) is 3.10. The zero-order chi connectivity index (χ0) is 17.9. The van der Waals surface area contributed by atoms with E-state index >= 15 is 0 Å². The van der Waals surface area contributed by atoms with Crippen LogP contribution in [0.1, 0.15) is 24.5 Å². The first-order chi connectivity index (χ1) is 12.2. The van der Waals surface area contributed by atoms with Gasteiger partial charge in [0.15, 0.2) is 0 Å². The Morgan fingerprint density at radius 2 is 1.88 bits per heavy atom. The number of rotatable bonds is 8. The molecule has 0 aromatic heterocycles. The average molecular weight is 334 g/mol. The van der Waals surface area contributed by atoms with Gasteiger partial charge in [-0.3, -0.25) is 4.79 Å². The molecule has 0 fully saturated rings. The van der Waals surface area contributed by atoms with Crippen molar-refractivity contribution in [3.05, 3.63) is 71.3 Å². The van der Waals surface area contributed by atoms with E-state index in [1.54, 1.807) is 6.08 Å². The molecule has 4 nitrogen and oxygen atoms in total. The fraction of sp³-hybridized carbons (Fsp3) is 0.238. The van der Waals surface area contributed by atoms with Crippen LogP contribution in [-0.2, 0) is 11.2 Å². The summed E-state index contributed by atoms with van der Waals surface area (Å²) in [5, 5.41) is 12.1. The molecule has 0 saturated heterocycles. The number of benzene rings is 2. The SMILES string of the molecule is CCCOc1ccccc1/C=C(\C#N)C(=O)NCCc1ccccc1. The van der Waals surface area contributed by atoms with Gasteiger partial charge in [0.1, 0.15) is 17.4 Å². The summed E-state index contributed by atoms with van der Waals surface area (Å²) in [7, 11) is 0. The molecule has 0 aliphatic heterocycles. The van der Waals surface area contributed by atoms with Gasteiger partial charge in [-0.15, -0.1) is 0 Å². The zero-order valence-corrected chi connectivity index (χ0v) is 14.4. The molecule has 0 aliphatic rings. The average Bonchev–Trinajstić information content (AvgIpc) is 2.66. The Morgan fingerprint density at radius 1 is 1.16 bits per heavy atom. The van der Waals surface area contributed by atoms with Crippen LogP contribution in [-0.4, -0.2) is 19.1 Å². The second-order valence-corrected chi connectivity index (χ2v) is 5.55. The van der Waals surface area contributed by atoms with Crippen molar-refractivity contribution >= 4 is 12.0 Å². The molecule has 1 amide bonds. The highest BCUT2D eigenvalue weighted by atomic mass is 16.5. The van der Waals surface area contributed by atoms with E-state index in [-0.39, 0.29) is 11.5 Å². The van der Waals surface area contributed by atoms with Crippen LogP contribution in [0.25, 0.3) is 6.08 Å². The Kier molecular flexibility index (Phi) is 7.27. The summed E-state index contributed by atoms with van der Waals surface area (Å²) in [4.78, 5) is 12.3. The fourth-order valence-corrected chi connectivity index (χ4v) is 2.31. The Morgan fingerprint density at radius 3 is 2.60 bits per heavy atom. The normalized spacial score (nSPS) is 10.8. The number of ether oxygens (including phenoxy) is 1. The van der Waals surface area contributed by atoms with Gasteiger partial charge >= 0.3 is 0 Å². The molecule has 2 aromatic carbocycles. The Hall–Kier alpha value is -3.06. The van der Waals surface area contributed by atoms with Crippen LogP contribution < -0.4 is 10.1 Å². The first kappa shape index (κ1) is 18.3. The first-order valence-electron chi connectivity index (χ1n) is 8.40. The minimum absolute atomic E-state index is 0.0700. The summed E-state index contributed by atoms with van der Waals surface area (Å²) in [6, 6.07) is 19.3. The van der Waals surface area contributed by atoms with Crippen LogP contribution in [0.4, 0.5) is 0 Å². The predicted octanol–water partition coefficient (Wildman–Crippen LogP) is 3.74. The monoisotopic (exact) mass is 334 g/mol. The number of nitrogens with zero attached hydrogens (tertiary/aromatic N) is 1. The lowest BCUT2D eigenvalue weighted by Gasteiger charge is -2.09. The summed E-state index contributed by atoms with van der Waals surface area (Å²) in [5.74, 6) is 0.304. The summed E-state index contributed by atoms with van der Waals surface area (Å²) in [6.07, 6.45) is 3.19. The lowest BCUT2D eigenvalue weighted by molar-refractivity contribution is -0.117. The van der Waals surface area contributed by atoms with E-state index in [1.807, 2.05) is 67.6 Å². The molecular formula is C21H22N2O2. The topological polar surface area (TPSA) is 62.1 Å². The minimum atomic E-state index is -0.372. The van der Waals surface area contributed by atoms with Gasteiger partial charge < -0.3 is 10.1 Å². The van der Waals surface area contributed by atoms with Crippen molar-refractivity contribution < 1.29 is 9.53 Å². The summed E-state index contributed by atoms with van der Waals surface area (Å²) in [5.41, 5.74) is 1.94. The van der Waals surface area contributed by atoms with E-state index in [0.29, 0.717) is 18.9 Å². The zero-order valence-electron chi connectivity index (χ0n) is 14.4. The highest BCUT2D eigenvalue weighted by Gasteiger charge is 2.10. The van der Waals surface area contributed by atoms with Crippen LogP contribution in [0.5, 0.6) is 5.75 Å². The van der Waals surface area contributed by atoms with Crippen molar-refractivity contribution in [1.82, 2.24) is 5.32 Å². The van der Waals surface area contributed by atoms with E-state index in [1.165, 1.54) is 0 Å². The lowest BCUT2D eigenvalue weighted by atomic mass is 10.1. The molecule has 0 aliphatic carbocycles. The smallest absolute Gasteiger partial charge is 0.261 e. The third-order valence-electron chi connectivity index (χ3n) is 3.59. The van der Waals surface area contributed by atoms with Gasteiger partial charge in [-0.25, -0.2) is 0 Å². The van der Waals surface area contributed by atoms with E-state index < -0.39 is 0 Å². The van der Waals surface area contributed by atoms with Gasteiger partial charge in [0.2, 0.25) is 0 Å². The molecule has 0 radical (unpaired) electrons. The van der Waals surface area contributed by atoms with E-state index in [9.17, 15) is 10.1 Å². The Bertz CT molecular complexity index is 761. The van der Waals surface area contributed by atoms with Gasteiger partial charge in [-0.1, -0.05) is 55.5 Å². The molecule has 2 rings (SSSR count). The summed E-state index contributed by atoms with van der Waals surface area (Å²) < 4.78 is 5.66. The molecule has 128 valence electrons. The number of para-hydroxylation sites is 1. The van der Waals surface area contributed by atoms with E-state index in [2.05, 4.69) is 5.32 Å². The second kappa shape index (κ2) is 9.94. The molecule has 0 bridgehead atoms. The first-order valence-corrected chi connectivity index (χ1v) is 8.40. The largest absolute Gasteiger partial charge is 0.493 e. The maximum Gasteiger partial charge on any atom is 0.261 e. The highest BCUT2D eigenvalue weighted by Crippen LogP contribution is 2.21. The van der Waals surface area contributed by atoms with Crippen LogP contribution in [0, 0.1) is 11.3 Å². The number of carbonyl (C=O) groups is 1. The number of nitriles is 1. The molecule has 0 unspecified atom stereocenters. The van der Waals surface area contributed by atoms with Gasteiger partial charge in [-0.2, -0.15) is 5.26 Å². The molecule has 0 spiro atoms. The third-order valence-corrected chi connectivity index (χ3v) is 3.59. The van der Waals surface area contributed by atoms with Crippen molar-refractivity contribution in [2.75, 3.05) is 13.2 Å². The standard InChI is InChI=1S/C21H22N2O2/c1-2-14-25-20-11-7-6-10-18(20)15-19(16-22)21(24)23-13-12-17-8-4-3-5-9-17/h3-11,15H,2,12-14H2,1H3,(H,23,24)/b19-15+. The fourth-order valence-electron chi connectivity index (χ4n) is 2.31. The molecule has 0 atom stereocenters. The summed E-state index contributed by atoms with van der Waals surface area (Å²) >= 11 is 0. The van der Waals surface area contributed by atoms with E-state index in [4.69, 9.17) is 4.74 Å². The molecule has 0 saturated carbocycles. The number of amides is 1. The number of hydrogen-bond acceptors (Lipinski definition) is 3. The van der Waals surface area contributed by atoms with Crippen molar-refractivity contribution in [1.29, 1.82) is 5.26 Å². The quantitative estimate of drug-likeness (QED) is 0.591. The maximum absolute atomic E-state index is 12.3. The predicted molar refractivity (Wildman–Crippen MR) is 99.0 cm³/mol. The Labute approximate surface area is 148 Å². The van der Waals surface area contributed by atoms with Gasteiger partial charge in [-0.05, 0) is 30.5 Å². The van der Waals surface area contributed by atoms with Crippen LogP contribution in [0.15, 0.2) is 60.2 Å². The number of carbonyl (C=O) groups excluding carboxylic acids is 1. The van der Waals surface area contributed by atoms with Gasteiger partial charge in [0.25, 0.3) is 5.91 Å². The molecular weight excluding hydrogens is 312 g/mol. The molecule has 4 heteroatoms. The van der Waals surface area contributed by atoms with Crippen LogP contribution >= 0.6 is 0 Å². The maximum atomic E-state index is 12.3. The number of hydrogen-bond donors (Lipinski definition) is 1. The van der Waals surface area contributed by atoms with Crippen molar-refractivity contribution in [3.8, 4) is 11.8 Å². The second-order valence-electron chi connectivity index (χ2n) is 5.55. The van der Waals surface area contributed by atoms with Crippen molar-refractivity contribution in [2.24, 2.45) is 0 Å². The lowest BCUT2D eigenvalue weighted by Crippen LogP contribution is -2.26. The van der Waals surface area contributed by atoms with Gasteiger partial charge in [0, 0.05) is 12.1 Å². The van der Waals surface area contributed by atoms with Crippen LogP contribution in [0.2, 0.25) is 0 Å². The number of nitrogens with one attached hydrogen (secondary N) is 1. The van der Waals surface area contributed by atoms with Gasteiger partial charge in [0.05, 0.1) is 6.61 Å². The van der Waals surface area contributed by atoms with Crippen molar-refractivity contribution in [2.45, 2.75) is 19.8 Å². The third kappa shape index (κ3) is 5.82. The molecule has 1 N–H and O–H groups in total. The van der Waals surface area contributed by atoms with Crippen LogP contribution in [0.3, 0.4) is 0 Å². The van der Waals surface area contributed by atoms with E-state index in [0.717, 1.165) is 24.0 Å². The molecule has 0 heterocycles. The molecule has 25 heavy (non-hydrogen) atoms. The molecule has 2 aromatic rings. The Balaban J connectivity index is 2.02. The highest BCUT2D eigenvalue weighted by molar-refractivity contribution is 6.01.